The second-order valence-electron chi connectivity index (χ2n) is 5.33. The van der Waals surface area contributed by atoms with Crippen LogP contribution >= 0.6 is 0 Å². The molecule has 0 bridgehead atoms. The van der Waals surface area contributed by atoms with Gasteiger partial charge in [0.25, 0.3) is 0 Å². The smallest absolute Gasteiger partial charge is 0.227 e. The zero-order chi connectivity index (χ0) is 13.4. The fraction of sp³-hybridized carbons (Fsp3) is 0.929. The third-order valence-electron chi connectivity index (χ3n) is 4.26. The first-order valence-corrected chi connectivity index (χ1v) is 7.39. The second kappa shape index (κ2) is 7.74. The minimum atomic E-state index is -0.255. The summed E-state index contributed by atoms with van der Waals surface area (Å²) in [7, 11) is 0. The average molecular weight is 255 g/mol. The van der Waals surface area contributed by atoms with E-state index in [2.05, 4.69) is 24.1 Å². The molecule has 0 saturated heterocycles. The Bertz CT molecular complexity index is 245. The molecule has 0 unspecified atom stereocenters. The van der Waals surface area contributed by atoms with Crippen LogP contribution in [0, 0.1) is 5.41 Å². The number of amides is 1. The molecule has 0 aromatic heterocycles. The van der Waals surface area contributed by atoms with Crippen LogP contribution in [0.4, 0.5) is 0 Å². The number of hydrogen-bond donors (Lipinski definition) is 2. The van der Waals surface area contributed by atoms with Crippen molar-refractivity contribution in [3.05, 3.63) is 0 Å². The van der Waals surface area contributed by atoms with Gasteiger partial charge >= 0.3 is 0 Å². The van der Waals surface area contributed by atoms with Crippen LogP contribution in [0.25, 0.3) is 0 Å². The fourth-order valence-corrected chi connectivity index (χ4v) is 2.81. The van der Waals surface area contributed by atoms with Crippen LogP contribution in [-0.2, 0) is 4.79 Å². The van der Waals surface area contributed by atoms with Crippen molar-refractivity contribution < 1.29 is 4.79 Å². The van der Waals surface area contributed by atoms with Gasteiger partial charge in [0, 0.05) is 13.1 Å². The molecule has 1 fully saturated rings. The van der Waals surface area contributed by atoms with E-state index in [4.69, 9.17) is 5.73 Å². The molecule has 1 aliphatic rings. The van der Waals surface area contributed by atoms with Crippen molar-refractivity contribution in [1.29, 1.82) is 0 Å². The van der Waals surface area contributed by atoms with Gasteiger partial charge in [0.1, 0.15) is 0 Å². The summed E-state index contributed by atoms with van der Waals surface area (Å²) < 4.78 is 0. The molecule has 1 rings (SSSR count). The van der Waals surface area contributed by atoms with Gasteiger partial charge in [-0.15, -0.1) is 0 Å². The molecular weight excluding hydrogens is 226 g/mol. The molecule has 0 aromatic carbocycles. The number of nitrogens with one attached hydrogen (secondary N) is 1. The van der Waals surface area contributed by atoms with E-state index >= 15 is 0 Å². The molecule has 4 nitrogen and oxygen atoms in total. The van der Waals surface area contributed by atoms with E-state index in [1.54, 1.807) is 0 Å². The van der Waals surface area contributed by atoms with Gasteiger partial charge in [-0.1, -0.05) is 26.7 Å². The predicted molar refractivity (Wildman–Crippen MR) is 75.4 cm³/mol. The lowest BCUT2D eigenvalue weighted by Gasteiger charge is -2.26. The average Bonchev–Trinajstić information content (AvgIpc) is 2.88. The topological polar surface area (TPSA) is 58.4 Å². The Balaban J connectivity index is 2.24. The zero-order valence-electron chi connectivity index (χ0n) is 12.0. The fourth-order valence-electron chi connectivity index (χ4n) is 2.81. The lowest BCUT2D eigenvalue weighted by molar-refractivity contribution is -0.130. The molecule has 18 heavy (non-hydrogen) atoms. The Hall–Kier alpha value is -0.610. The van der Waals surface area contributed by atoms with E-state index < -0.39 is 0 Å². The standard InChI is InChI=1S/C14H29N3O/c1-3-17(4-2)11-7-10-16-13(18)14(12-15)8-5-6-9-14/h3-12,15H2,1-2H3,(H,16,18). The molecule has 0 aliphatic heterocycles. The summed E-state index contributed by atoms with van der Waals surface area (Å²) in [5.41, 5.74) is 5.54. The SMILES string of the molecule is CCN(CC)CCCNC(=O)C1(CN)CCCC1. The number of nitrogens with two attached hydrogens (primary N) is 1. The third kappa shape index (κ3) is 3.95. The van der Waals surface area contributed by atoms with Crippen molar-refractivity contribution in [3.63, 3.8) is 0 Å². The number of hydrogen-bond acceptors (Lipinski definition) is 3. The first-order valence-electron chi connectivity index (χ1n) is 7.39. The monoisotopic (exact) mass is 255 g/mol. The highest BCUT2D eigenvalue weighted by Crippen LogP contribution is 2.37. The van der Waals surface area contributed by atoms with Gasteiger partial charge in [-0.25, -0.2) is 0 Å². The van der Waals surface area contributed by atoms with Crippen molar-refractivity contribution in [1.82, 2.24) is 10.2 Å². The minimum Gasteiger partial charge on any atom is -0.356 e. The van der Waals surface area contributed by atoms with Gasteiger partial charge in [0.2, 0.25) is 5.91 Å². The van der Waals surface area contributed by atoms with Gasteiger partial charge in [0.05, 0.1) is 5.41 Å². The lowest BCUT2D eigenvalue weighted by atomic mass is 9.85. The Morgan fingerprint density at radius 2 is 1.89 bits per heavy atom. The summed E-state index contributed by atoms with van der Waals surface area (Å²) in [5, 5.41) is 3.07. The van der Waals surface area contributed by atoms with Crippen LogP contribution in [0.3, 0.4) is 0 Å². The first kappa shape index (κ1) is 15.4. The molecule has 106 valence electrons. The maximum absolute atomic E-state index is 12.2. The molecule has 0 heterocycles. The number of carbonyl (C=O) groups is 1. The molecule has 0 atom stereocenters. The summed E-state index contributed by atoms with van der Waals surface area (Å²) in [6.45, 7) is 8.83. The van der Waals surface area contributed by atoms with Gasteiger partial charge in [-0.2, -0.15) is 0 Å². The second-order valence-corrected chi connectivity index (χ2v) is 5.33. The van der Waals surface area contributed by atoms with Gasteiger partial charge in [-0.05, 0) is 38.9 Å². The van der Waals surface area contributed by atoms with Gasteiger partial charge in [0.15, 0.2) is 0 Å². The van der Waals surface area contributed by atoms with Crippen LogP contribution in [0.5, 0.6) is 0 Å². The van der Waals surface area contributed by atoms with Crippen LogP contribution in [-0.4, -0.2) is 43.5 Å². The van der Waals surface area contributed by atoms with E-state index in [1.807, 2.05) is 0 Å². The Morgan fingerprint density at radius 3 is 2.39 bits per heavy atom. The highest BCUT2D eigenvalue weighted by atomic mass is 16.2. The summed E-state index contributed by atoms with van der Waals surface area (Å²) in [6.07, 6.45) is 5.24. The molecule has 1 amide bonds. The highest BCUT2D eigenvalue weighted by molar-refractivity contribution is 5.83. The Labute approximate surface area is 111 Å². The molecule has 1 saturated carbocycles. The molecule has 4 heteroatoms. The van der Waals surface area contributed by atoms with Crippen LogP contribution < -0.4 is 11.1 Å². The van der Waals surface area contributed by atoms with E-state index in [0.717, 1.165) is 58.3 Å². The largest absolute Gasteiger partial charge is 0.356 e. The van der Waals surface area contributed by atoms with E-state index in [-0.39, 0.29) is 11.3 Å². The highest BCUT2D eigenvalue weighted by Gasteiger charge is 2.39. The Morgan fingerprint density at radius 1 is 1.28 bits per heavy atom. The summed E-state index contributed by atoms with van der Waals surface area (Å²) in [5.74, 6) is 0.182. The van der Waals surface area contributed by atoms with E-state index in [9.17, 15) is 4.79 Å². The van der Waals surface area contributed by atoms with Crippen LogP contribution in [0.15, 0.2) is 0 Å². The minimum absolute atomic E-state index is 0.182. The molecule has 0 spiro atoms. The van der Waals surface area contributed by atoms with Crippen molar-refractivity contribution >= 4 is 5.91 Å². The van der Waals surface area contributed by atoms with Crippen LogP contribution in [0.1, 0.15) is 46.0 Å². The summed E-state index contributed by atoms with van der Waals surface area (Å²) in [6, 6.07) is 0. The maximum Gasteiger partial charge on any atom is 0.227 e. The van der Waals surface area contributed by atoms with Crippen molar-refractivity contribution in [2.24, 2.45) is 11.1 Å². The van der Waals surface area contributed by atoms with Crippen LogP contribution in [0.2, 0.25) is 0 Å². The third-order valence-corrected chi connectivity index (χ3v) is 4.26. The molecule has 0 radical (unpaired) electrons. The molecule has 0 aromatic rings. The molecule has 3 N–H and O–H groups in total. The molecular formula is C14H29N3O. The Kier molecular flexibility index (Phi) is 6.65. The van der Waals surface area contributed by atoms with E-state index in [0.29, 0.717) is 6.54 Å². The van der Waals surface area contributed by atoms with E-state index in [1.165, 1.54) is 0 Å². The first-order chi connectivity index (χ1) is 8.68. The number of carbonyl (C=O) groups excluding carboxylic acids is 1. The lowest BCUT2D eigenvalue weighted by Crippen LogP contribution is -2.44. The number of nitrogens with zero attached hydrogens (tertiary/aromatic N) is 1. The summed E-state index contributed by atoms with van der Waals surface area (Å²) in [4.78, 5) is 14.6. The molecule has 1 aliphatic carbocycles. The number of rotatable bonds is 8. The van der Waals surface area contributed by atoms with Gasteiger partial charge in [-0.3, -0.25) is 4.79 Å². The summed E-state index contributed by atoms with van der Waals surface area (Å²) >= 11 is 0. The maximum atomic E-state index is 12.2. The quantitative estimate of drug-likeness (QED) is 0.644. The van der Waals surface area contributed by atoms with Crippen molar-refractivity contribution in [2.75, 3.05) is 32.7 Å². The van der Waals surface area contributed by atoms with Crippen molar-refractivity contribution in [2.45, 2.75) is 46.0 Å². The van der Waals surface area contributed by atoms with Gasteiger partial charge < -0.3 is 16.0 Å². The zero-order valence-corrected chi connectivity index (χ0v) is 12.0. The van der Waals surface area contributed by atoms with Crippen molar-refractivity contribution in [3.8, 4) is 0 Å². The predicted octanol–water partition coefficient (Wildman–Crippen LogP) is 1.35. The normalized spacial score (nSPS) is 18.2.